The Hall–Kier alpha value is -2.54. The maximum absolute atomic E-state index is 13.3. The highest BCUT2D eigenvalue weighted by Gasteiger charge is 2.27. The third kappa shape index (κ3) is 5.48. The van der Waals surface area contributed by atoms with E-state index in [4.69, 9.17) is 4.74 Å². The van der Waals surface area contributed by atoms with Crippen molar-refractivity contribution in [3.63, 3.8) is 0 Å². The lowest BCUT2D eigenvalue weighted by molar-refractivity contribution is -0.120. The highest BCUT2D eigenvalue weighted by Crippen LogP contribution is 2.26. The summed E-state index contributed by atoms with van der Waals surface area (Å²) in [5, 5.41) is 2.82. The third-order valence-corrected chi connectivity index (χ3v) is 6.14. The van der Waals surface area contributed by atoms with Gasteiger partial charge >= 0.3 is 0 Å². The molecule has 7 heteroatoms. The van der Waals surface area contributed by atoms with E-state index in [0.29, 0.717) is 18.0 Å². The van der Waals surface area contributed by atoms with Crippen molar-refractivity contribution < 1.29 is 17.9 Å². The average molecular weight is 405 g/mol. The van der Waals surface area contributed by atoms with E-state index < -0.39 is 10.0 Å². The molecule has 2 rings (SSSR count). The highest BCUT2D eigenvalue weighted by atomic mass is 32.2. The maximum Gasteiger partial charge on any atom is 0.264 e. The van der Waals surface area contributed by atoms with Crippen LogP contribution in [0, 0.1) is 6.92 Å². The Morgan fingerprint density at radius 1 is 1.07 bits per heavy atom. The molecule has 0 bridgehead atoms. The molecule has 2 aromatic carbocycles. The van der Waals surface area contributed by atoms with Gasteiger partial charge in [-0.25, -0.2) is 8.42 Å². The van der Waals surface area contributed by atoms with E-state index >= 15 is 0 Å². The Balaban J connectivity index is 2.40. The molecule has 1 atom stereocenters. The Labute approximate surface area is 167 Å². The second-order valence-electron chi connectivity index (χ2n) is 6.63. The van der Waals surface area contributed by atoms with Crippen molar-refractivity contribution in [2.24, 2.45) is 0 Å². The minimum Gasteiger partial charge on any atom is -0.494 e. The van der Waals surface area contributed by atoms with Crippen molar-refractivity contribution in [2.75, 3.05) is 17.5 Å². The Morgan fingerprint density at radius 2 is 1.68 bits per heavy atom. The topological polar surface area (TPSA) is 75.7 Å². The zero-order chi connectivity index (χ0) is 20.7. The lowest BCUT2D eigenvalue weighted by atomic mass is 10.2. The van der Waals surface area contributed by atoms with Gasteiger partial charge in [-0.3, -0.25) is 9.10 Å². The first-order chi connectivity index (χ1) is 13.3. The van der Waals surface area contributed by atoms with E-state index in [0.717, 1.165) is 16.3 Å². The summed E-state index contributed by atoms with van der Waals surface area (Å²) in [6, 6.07) is 13.2. The van der Waals surface area contributed by atoms with E-state index in [-0.39, 0.29) is 23.4 Å². The average Bonchev–Trinajstić information content (AvgIpc) is 2.67. The zero-order valence-corrected chi connectivity index (χ0v) is 17.6. The second kappa shape index (κ2) is 9.59. The minimum atomic E-state index is -3.90. The number of nitrogens with zero attached hydrogens (tertiary/aromatic N) is 1. The smallest absolute Gasteiger partial charge is 0.264 e. The molecule has 28 heavy (non-hydrogen) atoms. The number of anilines is 1. The predicted molar refractivity (Wildman–Crippen MR) is 111 cm³/mol. The minimum absolute atomic E-state index is 0.0308. The van der Waals surface area contributed by atoms with E-state index in [2.05, 4.69) is 5.32 Å². The molecule has 0 radical (unpaired) electrons. The SMILES string of the molecule is CCOc1ccc(N(CC(=O)N[C@@H](C)CC)S(=O)(=O)c2ccc(C)cc2)cc1. The fourth-order valence-electron chi connectivity index (χ4n) is 2.58. The Morgan fingerprint density at radius 3 is 2.21 bits per heavy atom. The van der Waals surface area contributed by atoms with Crippen LogP contribution in [-0.4, -0.2) is 33.5 Å². The number of rotatable bonds is 9. The molecular formula is C21H28N2O4S. The van der Waals surface area contributed by atoms with Crippen LogP contribution in [0.2, 0.25) is 0 Å². The van der Waals surface area contributed by atoms with Crippen LogP contribution in [-0.2, 0) is 14.8 Å². The monoisotopic (exact) mass is 404 g/mol. The molecule has 0 unspecified atom stereocenters. The molecule has 0 heterocycles. The summed E-state index contributed by atoms with van der Waals surface area (Å²) in [5.41, 5.74) is 1.37. The van der Waals surface area contributed by atoms with Crippen LogP contribution in [0.4, 0.5) is 5.69 Å². The number of amides is 1. The van der Waals surface area contributed by atoms with Crippen molar-refractivity contribution in [3.05, 3.63) is 54.1 Å². The van der Waals surface area contributed by atoms with E-state index in [1.165, 1.54) is 0 Å². The van der Waals surface area contributed by atoms with Gasteiger partial charge in [0.15, 0.2) is 0 Å². The third-order valence-electron chi connectivity index (χ3n) is 4.35. The van der Waals surface area contributed by atoms with Crippen molar-refractivity contribution in [2.45, 2.75) is 45.1 Å². The van der Waals surface area contributed by atoms with Gasteiger partial charge < -0.3 is 10.1 Å². The summed E-state index contributed by atoms with van der Waals surface area (Å²) in [6.45, 7) is 7.82. The largest absolute Gasteiger partial charge is 0.494 e. The molecule has 0 saturated heterocycles. The van der Waals surface area contributed by atoms with Crippen LogP contribution >= 0.6 is 0 Å². The first-order valence-corrected chi connectivity index (χ1v) is 10.8. The zero-order valence-electron chi connectivity index (χ0n) is 16.8. The van der Waals surface area contributed by atoms with Crippen LogP contribution < -0.4 is 14.4 Å². The van der Waals surface area contributed by atoms with Gasteiger partial charge in [0.05, 0.1) is 17.2 Å². The Kier molecular flexibility index (Phi) is 7.45. The molecule has 0 aliphatic carbocycles. The van der Waals surface area contributed by atoms with Gasteiger partial charge in [0.25, 0.3) is 10.0 Å². The molecule has 0 aliphatic heterocycles. The summed E-state index contributed by atoms with van der Waals surface area (Å²) in [5.74, 6) is 0.293. The number of benzene rings is 2. The predicted octanol–water partition coefficient (Wildman–Crippen LogP) is 3.50. The summed E-state index contributed by atoms with van der Waals surface area (Å²) >= 11 is 0. The standard InChI is InChI=1S/C21H28N2O4S/c1-5-17(4)22-21(24)15-23(18-9-11-19(12-10-18)27-6-2)28(25,26)20-13-7-16(3)8-14-20/h7-14,17H,5-6,15H2,1-4H3,(H,22,24)/t17-/m0/s1. The van der Waals surface area contributed by atoms with E-state index in [1.54, 1.807) is 48.5 Å². The van der Waals surface area contributed by atoms with Crippen LogP contribution in [0.1, 0.15) is 32.8 Å². The normalized spacial score (nSPS) is 12.3. The van der Waals surface area contributed by atoms with Crippen molar-refractivity contribution in [3.8, 4) is 5.75 Å². The molecule has 2 aromatic rings. The van der Waals surface area contributed by atoms with Gasteiger partial charge in [-0.05, 0) is 63.6 Å². The van der Waals surface area contributed by atoms with Crippen LogP contribution in [0.5, 0.6) is 5.75 Å². The quantitative estimate of drug-likeness (QED) is 0.694. The number of hydrogen-bond acceptors (Lipinski definition) is 4. The number of nitrogens with one attached hydrogen (secondary N) is 1. The van der Waals surface area contributed by atoms with Crippen LogP contribution in [0.25, 0.3) is 0 Å². The molecular weight excluding hydrogens is 376 g/mol. The molecule has 0 saturated carbocycles. The van der Waals surface area contributed by atoms with Crippen molar-refractivity contribution in [1.29, 1.82) is 0 Å². The fourth-order valence-corrected chi connectivity index (χ4v) is 4.00. The second-order valence-corrected chi connectivity index (χ2v) is 8.49. The highest BCUT2D eigenvalue weighted by molar-refractivity contribution is 7.92. The van der Waals surface area contributed by atoms with Gasteiger partial charge in [0.1, 0.15) is 12.3 Å². The van der Waals surface area contributed by atoms with Gasteiger partial charge in [-0.2, -0.15) is 0 Å². The van der Waals surface area contributed by atoms with Gasteiger partial charge in [0, 0.05) is 6.04 Å². The lowest BCUT2D eigenvalue weighted by Crippen LogP contribution is -2.43. The summed E-state index contributed by atoms with van der Waals surface area (Å²) in [4.78, 5) is 12.6. The van der Waals surface area contributed by atoms with E-state index in [9.17, 15) is 13.2 Å². The number of carbonyl (C=O) groups excluding carboxylic acids is 1. The van der Waals surface area contributed by atoms with Gasteiger partial charge in [-0.15, -0.1) is 0 Å². The molecule has 152 valence electrons. The molecule has 0 aromatic heterocycles. The number of ether oxygens (including phenoxy) is 1. The first-order valence-electron chi connectivity index (χ1n) is 9.39. The summed E-state index contributed by atoms with van der Waals surface area (Å²) < 4.78 is 33.1. The summed E-state index contributed by atoms with van der Waals surface area (Å²) in [7, 11) is -3.90. The Bertz CT molecular complexity index is 878. The molecule has 1 N–H and O–H groups in total. The first kappa shape index (κ1) is 21.8. The number of aryl methyl sites for hydroxylation is 1. The van der Waals surface area contributed by atoms with Gasteiger partial charge in [0.2, 0.25) is 5.91 Å². The molecule has 1 amide bonds. The number of sulfonamides is 1. The summed E-state index contributed by atoms with van der Waals surface area (Å²) in [6.07, 6.45) is 0.763. The number of carbonyl (C=O) groups is 1. The van der Waals surface area contributed by atoms with Crippen LogP contribution in [0.15, 0.2) is 53.4 Å². The lowest BCUT2D eigenvalue weighted by Gasteiger charge is -2.25. The van der Waals surface area contributed by atoms with Crippen molar-refractivity contribution >= 4 is 21.6 Å². The number of hydrogen-bond donors (Lipinski definition) is 1. The molecule has 6 nitrogen and oxygen atoms in total. The van der Waals surface area contributed by atoms with Crippen molar-refractivity contribution in [1.82, 2.24) is 5.32 Å². The fraction of sp³-hybridized carbons (Fsp3) is 0.381. The van der Waals surface area contributed by atoms with Crippen LogP contribution in [0.3, 0.4) is 0 Å². The molecule has 0 fully saturated rings. The maximum atomic E-state index is 13.3. The molecule has 0 spiro atoms. The van der Waals surface area contributed by atoms with E-state index in [1.807, 2.05) is 27.7 Å². The molecule has 0 aliphatic rings. The van der Waals surface area contributed by atoms with Gasteiger partial charge in [-0.1, -0.05) is 24.6 Å².